The quantitative estimate of drug-likeness (QED) is 0.827. The van der Waals surface area contributed by atoms with Gasteiger partial charge in [0.25, 0.3) is 5.91 Å². The van der Waals surface area contributed by atoms with Gasteiger partial charge in [0.05, 0.1) is 5.56 Å². The highest BCUT2D eigenvalue weighted by Gasteiger charge is 2.41. The fourth-order valence-corrected chi connectivity index (χ4v) is 2.63. The van der Waals surface area contributed by atoms with Gasteiger partial charge in [-0.3, -0.25) is 9.59 Å². The maximum atomic E-state index is 11.9. The van der Waals surface area contributed by atoms with Crippen molar-refractivity contribution >= 4 is 5.91 Å². The molecule has 2 aliphatic carbocycles. The lowest BCUT2D eigenvalue weighted by Crippen LogP contribution is -2.31. The average Bonchev–Trinajstić information content (AvgIpc) is 3.24. The molecule has 2 N–H and O–H groups in total. The summed E-state index contributed by atoms with van der Waals surface area (Å²) in [6.07, 6.45) is 6.79. The second kappa shape index (κ2) is 4.59. The Kier molecular flexibility index (Phi) is 2.94. The van der Waals surface area contributed by atoms with Crippen molar-refractivity contribution in [3.63, 3.8) is 0 Å². The summed E-state index contributed by atoms with van der Waals surface area (Å²) in [4.78, 5) is 25.4. The van der Waals surface area contributed by atoms with Crippen molar-refractivity contribution in [1.82, 2.24) is 10.3 Å². The molecule has 4 heteroatoms. The molecule has 0 radical (unpaired) electrons. The minimum atomic E-state index is -0.180. The van der Waals surface area contributed by atoms with Crippen LogP contribution in [0.15, 0.2) is 23.1 Å². The zero-order chi connectivity index (χ0) is 12.5. The average molecular weight is 246 g/mol. The number of rotatable bonds is 5. The zero-order valence-electron chi connectivity index (χ0n) is 10.3. The molecule has 0 aliphatic heterocycles. The van der Waals surface area contributed by atoms with E-state index in [1.807, 2.05) is 0 Å². The molecule has 0 aromatic carbocycles. The minimum Gasteiger partial charge on any atom is -0.352 e. The van der Waals surface area contributed by atoms with Crippen molar-refractivity contribution in [2.45, 2.75) is 25.7 Å². The maximum absolute atomic E-state index is 11.9. The highest BCUT2D eigenvalue weighted by Crippen LogP contribution is 2.48. The molecule has 3 rings (SSSR count). The third kappa shape index (κ3) is 2.63. The number of H-pyrrole nitrogens is 1. The van der Waals surface area contributed by atoms with Gasteiger partial charge in [0.1, 0.15) is 0 Å². The third-order valence-electron chi connectivity index (χ3n) is 4.00. The fraction of sp³-hybridized carbons (Fsp3) is 0.571. The fourth-order valence-electron chi connectivity index (χ4n) is 2.63. The molecule has 96 valence electrons. The number of amides is 1. The maximum Gasteiger partial charge on any atom is 0.252 e. The Morgan fingerprint density at radius 1 is 1.28 bits per heavy atom. The van der Waals surface area contributed by atoms with Crippen LogP contribution in [0.5, 0.6) is 0 Å². The van der Waals surface area contributed by atoms with E-state index in [2.05, 4.69) is 10.3 Å². The lowest BCUT2D eigenvalue weighted by molar-refractivity contribution is 0.0943. The van der Waals surface area contributed by atoms with Crippen LogP contribution >= 0.6 is 0 Å². The van der Waals surface area contributed by atoms with Crippen LogP contribution in [0.1, 0.15) is 36.0 Å². The Morgan fingerprint density at radius 3 is 2.44 bits per heavy atom. The second-order valence-corrected chi connectivity index (χ2v) is 5.49. The van der Waals surface area contributed by atoms with Gasteiger partial charge in [-0.05, 0) is 49.5 Å². The molecule has 2 saturated carbocycles. The third-order valence-corrected chi connectivity index (χ3v) is 4.00. The molecule has 0 bridgehead atoms. The summed E-state index contributed by atoms with van der Waals surface area (Å²) < 4.78 is 0. The molecule has 2 aliphatic rings. The Balaban J connectivity index is 1.57. The van der Waals surface area contributed by atoms with Crippen LogP contribution in [-0.4, -0.2) is 17.4 Å². The van der Waals surface area contributed by atoms with Gasteiger partial charge in [-0.25, -0.2) is 0 Å². The molecular weight excluding hydrogens is 228 g/mol. The lowest BCUT2D eigenvalue weighted by atomic mass is 9.98. The molecule has 1 heterocycles. The smallest absolute Gasteiger partial charge is 0.252 e. The van der Waals surface area contributed by atoms with Gasteiger partial charge in [-0.2, -0.15) is 0 Å². The molecule has 0 spiro atoms. The molecule has 0 atom stereocenters. The van der Waals surface area contributed by atoms with E-state index < -0.39 is 0 Å². The Labute approximate surface area is 106 Å². The predicted octanol–water partition coefficient (Wildman–Crippen LogP) is 1.54. The highest BCUT2D eigenvalue weighted by molar-refractivity contribution is 5.93. The molecule has 1 aromatic heterocycles. The molecule has 0 saturated heterocycles. The van der Waals surface area contributed by atoms with Crippen molar-refractivity contribution in [2.24, 2.45) is 17.8 Å². The van der Waals surface area contributed by atoms with Gasteiger partial charge < -0.3 is 10.3 Å². The van der Waals surface area contributed by atoms with Gasteiger partial charge in [-0.1, -0.05) is 0 Å². The van der Waals surface area contributed by atoms with Crippen LogP contribution in [0.3, 0.4) is 0 Å². The number of pyridine rings is 1. The van der Waals surface area contributed by atoms with Gasteiger partial charge in [-0.15, -0.1) is 0 Å². The Morgan fingerprint density at radius 2 is 1.94 bits per heavy atom. The van der Waals surface area contributed by atoms with Crippen LogP contribution in [-0.2, 0) is 0 Å². The Hall–Kier alpha value is -1.58. The van der Waals surface area contributed by atoms with Crippen molar-refractivity contribution in [1.29, 1.82) is 0 Å². The van der Waals surface area contributed by atoms with Gasteiger partial charge in [0.2, 0.25) is 5.56 Å². The van der Waals surface area contributed by atoms with Crippen LogP contribution in [0.25, 0.3) is 0 Å². The van der Waals surface area contributed by atoms with E-state index in [0.717, 1.165) is 18.4 Å². The van der Waals surface area contributed by atoms with Gasteiger partial charge >= 0.3 is 0 Å². The molecule has 2 fully saturated rings. The largest absolute Gasteiger partial charge is 0.352 e. The van der Waals surface area contributed by atoms with E-state index in [0.29, 0.717) is 11.5 Å². The molecule has 4 nitrogen and oxygen atoms in total. The first-order valence-electron chi connectivity index (χ1n) is 6.71. The molecule has 1 amide bonds. The van der Waals surface area contributed by atoms with Gasteiger partial charge in [0, 0.05) is 18.8 Å². The predicted molar refractivity (Wildman–Crippen MR) is 68.3 cm³/mol. The summed E-state index contributed by atoms with van der Waals surface area (Å²) in [6, 6.07) is 2.95. The van der Waals surface area contributed by atoms with Crippen LogP contribution in [0, 0.1) is 17.8 Å². The minimum absolute atomic E-state index is 0.0856. The number of nitrogens with one attached hydrogen (secondary N) is 2. The Bertz CT molecular complexity index is 468. The number of aromatic amines is 1. The van der Waals surface area contributed by atoms with Gasteiger partial charge in [0.15, 0.2) is 0 Å². The van der Waals surface area contributed by atoms with E-state index in [1.54, 1.807) is 6.07 Å². The van der Waals surface area contributed by atoms with Crippen molar-refractivity contribution < 1.29 is 4.79 Å². The number of carbonyl (C=O) groups is 1. The molecule has 1 aromatic rings. The summed E-state index contributed by atoms with van der Waals surface area (Å²) in [5.41, 5.74) is 0.348. The summed E-state index contributed by atoms with van der Waals surface area (Å²) in [5.74, 6) is 2.27. The van der Waals surface area contributed by atoms with Crippen molar-refractivity contribution in [2.75, 3.05) is 6.54 Å². The summed E-state index contributed by atoms with van der Waals surface area (Å²) in [6.45, 7) is 0.785. The van der Waals surface area contributed by atoms with Crippen LogP contribution in [0.4, 0.5) is 0 Å². The number of hydrogen-bond donors (Lipinski definition) is 2. The van der Waals surface area contributed by atoms with Crippen molar-refractivity contribution in [3.05, 3.63) is 34.2 Å². The van der Waals surface area contributed by atoms with E-state index in [9.17, 15) is 9.59 Å². The number of hydrogen-bond acceptors (Lipinski definition) is 2. The van der Waals surface area contributed by atoms with Crippen LogP contribution < -0.4 is 10.9 Å². The lowest BCUT2D eigenvalue weighted by Gasteiger charge is -2.16. The molecular formula is C14H18N2O2. The number of carbonyl (C=O) groups excluding carboxylic acids is 1. The SMILES string of the molecule is O=C(NCC(C1CC1)C1CC1)c1ccc(=O)[nH]c1. The number of aromatic nitrogens is 1. The summed E-state index contributed by atoms with van der Waals surface area (Å²) in [7, 11) is 0. The normalized spacial score (nSPS) is 18.9. The topological polar surface area (TPSA) is 62.0 Å². The van der Waals surface area contributed by atoms with Crippen LogP contribution in [0.2, 0.25) is 0 Å². The van der Waals surface area contributed by atoms with E-state index in [1.165, 1.54) is 37.9 Å². The highest BCUT2D eigenvalue weighted by atomic mass is 16.1. The first-order valence-corrected chi connectivity index (χ1v) is 6.71. The second-order valence-electron chi connectivity index (χ2n) is 5.49. The molecule has 18 heavy (non-hydrogen) atoms. The van der Waals surface area contributed by atoms with E-state index in [-0.39, 0.29) is 11.5 Å². The van der Waals surface area contributed by atoms with E-state index >= 15 is 0 Å². The molecule has 0 unspecified atom stereocenters. The summed E-state index contributed by atoms with van der Waals surface area (Å²) in [5, 5.41) is 3.00. The first kappa shape index (κ1) is 11.5. The first-order chi connectivity index (χ1) is 8.74. The summed E-state index contributed by atoms with van der Waals surface area (Å²) >= 11 is 0. The zero-order valence-corrected chi connectivity index (χ0v) is 10.3. The monoisotopic (exact) mass is 246 g/mol. The van der Waals surface area contributed by atoms with E-state index in [4.69, 9.17) is 0 Å². The van der Waals surface area contributed by atoms with Crippen molar-refractivity contribution in [3.8, 4) is 0 Å². The standard InChI is InChI=1S/C14H18N2O2/c17-13-6-5-11(7-15-13)14(18)16-8-12(9-1-2-9)10-3-4-10/h5-7,9-10,12H,1-4,8H2,(H,15,17)(H,16,18).